The molecule has 6 heteroatoms. The molecule has 4 unspecified atom stereocenters. The highest BCUT2D eigenvalue weighted by Gasteiger charge is 2.29. The van der Waals surface area contributed by atoms with Gasteiger partial charge in [0.15, 0.2) is 0 Å². The Morgan fingerprint density at radius 1 is 0.579 bits per heavy atom. The van der Waals surface area contributed by atoms with Crippen molar-refractivity contribution in [2.45, 2.75) is 179 Å². The molecule has 226 valence electrons. The van der Waals surface area contributed by atoms with Crippen LogP contribution in [0.15, 0.2) is 0 Å². The Morgan fingerprint density at radius 3 is 1.16 bits per heavy atom. The Bertz CT molecular complexity index is 581. The summed E-state index contributed by atoms with van der Waals surface area (Å²) < 4.78 is 0. The Morgan fingerprint density at radius 2 is 0.868 bits per heavy atom. The van der Waals surface area contributed by atoms with E-state index in [0.29, 0.717) is 0 Å². The minimum absolute atomic E-state index is 0.590. The molecular weight excluding hydrogens is 512 g/mol. The molecule has 2 N–H and O–H groups in total. The largest absolute Gasteiger partial charge is 0.481 e. The zero-order chi connectivity index (χ0) is 29.2. The van der Waals surface area contributed by atoms with E-state index in [1.54, 1.807) is 0 Å². The van der Waals surface area contributed by atoms with Gasteiger partial charge in [-0.15, -0.1) is 0 Å². The number of hydrogen-bond acceptors (Lipinski definition) is 4. The van der Waals surface area contributed by atoms with Crippen LogP contribution in [0.1, 0.15) is 158 Å². The SMILES string of the molecule is CC.CC.CC(C)(CCCCC1CCCC(CCC2CCCC(CCCCC(C)(C)C(=O)O)S2)S1)C(=O)O. The van der Waals surface area contributed by atoms with Crippen LogP contribution >= 0.6 is 23.5 Å². The second-order valence-corrected chi connectivity index (χ2v) is 15.3. The third kappa shape index (κ3) is 15.4. The lowest BCUT2D eigenvalue weighted by Crippen LogP contribution is -2.24. The van der Waals surface area contributed by atoms with Gasteiger partial charge in [-0.05, 0) is 91.9 Å². The van der Waals surface area contributed by atoms with Crippen molar-refractivity contribution in [2.75, 3.05) is 0 Å². The quantitative estimate of drug-likeness (QED) is 0.189. The van der Waals surface area contributed by atoms with Crippen molar-refractivity contribution in [2.24, 2.45) is 10.8 Å². The molecule has 0 saturated carbocycles. The summed E-state index contributed by atoms with van der Waals surface area (Å²) >= 11 is 4.47. The molecule has 0 aromatic heterocycles. The number of rotatable bonds is 15. The Kier molecular flexibility index (Phi) is 20.3. The van der Waals surface area contributed by atoms with E-state index in [1.165, 1.54) is 64.2 Å². The summed E-state index contributed by atoms with van der Waals surface area (Å²) in [5.74, 6) is -1.35. The van der Waals surface area contributed by atoms with Gasteiger partial charge in [0.1, 0.15) is 0 Å². The summed E-state index contributed by atoms with van der Waals surface area (Å²) in [6, 6.07) is 0. The molecule has 0 aromatic carbocycles. The molecule has 0 amide bonds. The van der Waals surface area contributed by atoms with Gasteiger partial charge in [0.05, 0.1) is 10.8 Å². The predicted molar refractivity (Wildman–Crippen MR) is 170 cm³/mol. The number of carbonyl (C=O) groups is 2. The van der Waals surface area contributed by atoms with Crippen molar-refractivity contribution in [3.05, 3.63) is 0 Å². The van der Waals surface area contributed by atoms with Crippen LogP contribution in [-0.4, -0.2) is 43.2 Å². The summed E-state index contributed by atoms with van der Waals surface area (Å²) in [7, 11) is 0. The Balaban J connectivity index is 0.00000326. The van der Waals surface area contributed by atoms with E-state index in [4.69, 9.17) is 0 Å². The fraction of sp³-hybridized carbons (Fsp3) is 0.938. The van der Waals surface area contributed by atoms with Crippen molar-refractivity contribution < 1.29 is 19.8 Å². The molecule has 38 heavy (non-hydrogen) atoms. The fourth-order valence-corrected chi connectivity index (χ4v) is 8.73. The Labute approximate surface area is 244 Å². The number of carboxylic acid groups (broad SMARTS) is 2. The van der Waals surface area contributed by atoms with Crippen LogP contribution in [0.2, 0.25) is 0 Å². The molecule has 0 spiro atoms. The minimum atomic E-state index is -0.676. The van der Waals surface area contributed by atoms with Crippen molar-refractivity contribution in [1.82, 2.24) is 0 Å². The van der Waals surface area contributed by atoms with E-state index in [9.17, 15) is 19.8 Å². The average Bonchev–Trinajstić information content (AvgIpc) is 2.90. The highest BCUT2D eigenvalue weighted by atomic mass is 32.2. The summed E-state index contributed by atoms with van der Waals surface area (Å²) in [4.78, 5) is 22.6. The number of carboxylic acids is 2. The fourth-order valence-electron chi connectivity index (χ4n) is 5.28. The lowest BCUT2D eigenvalue weighted by atomic mass is 9.87. The molecule has 0 aromatic rings. The summed E-state index contributed by atoms with van der Waals surface area (Å²) in [5, 5.41) is 21.7. The summed E-state index contributed by atoms with van der Waals surface area (Å²) in [6.45, 7) is 15.4. The van der Waals surface area contributed by atoms with E-state index in [2.05, 4.69) is 23.5 Å². The van der Waals surface area contributed by atoms with Gasteiger partial charge in [-0.25, -0.2) is 0 Å². The van der Waals surface area contributed by atoms with Gasteiger partial charge >= 0.3 is 11.9 Å². The molecule has 4 atom stereocenters. The molecule has 2 rings (SSSR count). The number of aliphatic carboxylic acids is 2. The lowest BCUT2D eigenvalue weighted by molar-refractivity contribution is -0.148. The molecule has 2 aliphatic heterocycles. The molecule has 2 fully saturated rings. The van der Waals surface area contributed by atoms with Crippen molar-refractivity contribution in [3.8, 4) is 0 Å². The van der Waals surface area contributed by atoms with Gasteiger partial charge in [-0.1, -0.05) is 66.2 Å². The standard InChI is InChI=1S/C28H50O4S2.2C2H6/c1-27(2,25(29)30)19-7-5-11-21-13-9-15-23(33-21)17-18-24-16-10-14-22(34-24)12-6-8-20-28(3,4)26(31)32;2*1-2/h21-24H,5-20H2,1-4H3,(H,29,30)(H,31,32);2*1-2H3. The zero-order valence-corrected chi connectivity index (χ0v) is 27.8. The summed E-state index contributed by atoms with van der Waals surface area (Å²) in [6.07, 6.45) is 19.2. The molecule has 0 radical (unpaired) electrons. The van der Waals surface area contributed by atoms with Gasteiger partial charge in [-0.2, -0.15) is 23.5 Å². The van der Waals surface area contributed by atoms with Crippen LogP contribution in [0.25, 0.3) is 0 Å². The molecule has 4 nitrogen and oxygen atoms in total. The van der Waals surface area contributed by atoms with Crippen LogP contribution in [-0.2, 0) is 9.59 Å². The lowest BCUT2D eigenvalue weighted by Gasteiger charge is -2.32. The normalized spacial score (nSPS) is 23.9. The molecular formula is C32H62O4S2. The van der Waals surface area contributed by atoms with Crippen LogP contribution in [0, 0.1) is 10.8 Å². The van der Waals surface area contributed by atoms with E-state index in [1.807, 2.05) is 55.4 Å². The van der Waals surface area contributed by atoms with Crippen LogP contribution in [0.4, 0.5) is 0 Å². The molecule has 2 saturated heterocycles. The maximum Gasteiger partial charge on any atom is 0.309 e. The average molecular weight is 575 g/mol. The first-order valence-electron chi connectivity index (χ1n) is 15.8. The van der Waals surface area contributed by atoms with Crippen LogP contribution in [0.5, 0.6) is 0 Å². The molecule has 2 heterocycles. The van der Waals surface area contributed by atoms with E-state index in [0.717, 1.165) is 59.5 Å². The predicted octanol–water partition coefficient (Wildman–Crippen LogP) is 10.5. The van der Waals surface area contributed by atoms with Crippen LogP contribution in [0.3, 0.4) is 0 Å². The van der Waals surface area contributed by atoms with Gasteiger partial charge in [-0.3, -0.25) is 9.59 Å². The van der Waals surface area contributed by atoms with E-state index >= 15 is 0 Å². The monoisotopic (exact) mass is 574 g/mol. The van der Waals surface area contributed by atoms with Crippen molar-refractivity contribution in [3.63, 3.8) is 0 Å². The molecule has 2 aliphatic rings. The summed E-state index contributed by atoms with van der Waals surface area (Å²) in [5.41, 5.74) is -1.18. The van der Waals surface area contributed by atoms with Gasteiger partial charge in [0.25, 0.3) is 0 Å². The van der Waals surface area contributed by atoms with E-state index in [-0.39, 0.29) is 0 Å². The first-order chi connectivity index (χ1) is 18.0. The molecule has 0 aliphatic carbocycles. The number of thioether (sulfide) groups is 2. The van der Waals surface area contributed by atoms with Crippen molar-refractivity contribution >= 4 is 35.5 Å². The first-order valence-corrected chi connectivity index (χ1v) is 17.7. The number of hydrogen-bond donors (Lipinski definition) is 2. The first kappa shape index (κ1) is 37.6. The Hall–Kier alpha value is -0.360. The second kappa shape index (κ2) is 20.5. The minimum Gasteiger partial charge on any atom is -0.481 e. The number of unbranched alkanes of at least 4 members (excludes halogenated alkanes) is 2. The van der Waals surface area contributed by atoms with Crippen LogP contribution < -0.4 is 0 Å². The third-order valence-corrected chi connectivity index (χ3v) is 11.4. The maximum atomic E-state index is 11.3. The van der Waals surface area contributed by atoms with E-state index < -0.39 is 22.8 Å². The molecule has 0 bridgehead atoms. The van der Waals surface area contributed by atoms with Gasteiger partial charge in [0.2, 0.25) is 0 Å². The zero-order valence-electron chi connectivity index (χ0n) is 26.2. The van der Waals surface area contributed by atoms with Gasteiger partial charge in [0, 0.05) is 21.0 Å². The highest BCUT2D eigenvalue weighted by molar-refractivity contribution is 8.00. The highest BCUT2D eigenvalue weighted by Crippen LogP contribution is 2.41. The second-order valence-electron chi connectivity index (χ2n) is 12.1. The third-order valence-electron chi connectivity index (χ3n) is 8.00. The smallest absolute Gasteiger partial charge is 0.309 e. The topological polar surface area (TPSA) is 74.6 Å². The van der Waals surface area contributed by atoms with Gasteiger partial charge < -0.3 is 10.2 Å². The maximum absolute atomic E-state index is 11.3. The van der Waals surface area contributed by atoms with Crippen molar-refractivity contribution in [1.29, 1.82) is 0 Å².